The molecule has 1 aromatic heterocycles. The first-order valence-corrected chi connectivity index (χ1v) is 13.5. The van der Waals surface area contributed by atoms with Gasteiger partial charge in [0.25, 0.3) is 0 Å². The number of hydrogen-bond donors (Lipinski definition) is 0. The van der Waals surface area contributed by atoms with E-state index in [2.05, 4.69) is 33.8 Å². The SMILES string of the molecule is c1cn(CCCOc2ccc(C3CCC4(CC3)OOC3(O4)C4CC5CC(C4)CC3C5)cc2)cn1. The third-order valence-corrected chi connectivity index (χ3v) is 9.43. The number of rotatable bonds is 6. The molecule has 2 heterocycles. The zero-order chi connectivity index (χ0) is 22.6. The lowest BCUT2D eigenvalue weighted by atomic mass is 9.53. The van der Waals surface area contributed by atoms with E-state index in [1.807, 2.05) is 18.7 Å². The summed E-state index contributed by atoms with van der Waals surface area (Å²) in [5.74, 6) is 3.39. The van der Waals surface area contributed by atoms with Crippen LogP contribution in [-0.2, 0) is 21.1 Å². The lowest BCUT2D eigenvalue weighted by Crippen LogP contribution is -2.59. The van der Waals surface area contributed by atoms with Crippen LogP contribution in [0.2, 0.25) is 0 Å². The molecular weight excluding hydrogens is 428 g/mol. The number of ether oxygens (including phenoxy) is 2. The van der Waals surface area contributed by atoms with Crippen molar-refractivity contribution in [1.29, 1.82) is 0 Å². The van der Waals surface area contributed by atoms with Crippen LogP contribution in [0.25, 0.3) is 0 Å². The molecule has 34 heavy (non-hydrogen) atoms. The van der Waals surface area contributed by atoms with Gasteiger partial charge in [-0.05, 0) is 86.8 Å². The van der Waals surface area contributed by atoms with Crippen LogP contribution in [-0.4, -0.2) is 27.7 Å². The Hall–Kier alpha value is -1.89. The summed E-state index contributed by atoms with van der Waals surface area (Å²) in [6.45, 7) is 1.64. The molecular formula is C28H36N2O4. The van der Waals surface area contributed by atoms with E-state index < -0.39 is 11.6 Å². The minimum absolute atomic E-state index is 0.447. The fourth-order valence-corrected chi connectivity index (χ4v) is 7.88. The van der Waals surface area contributed by atoms with Crippen molar-refractivity contribution in [2.75, 3.05) is 6.61 Å². The van der Waals surface area contributed by atoms with Gasteiger partial charge in [0.15, 0.2) is 0 Å². The summed E-state index contributed by atoms with van der Waals surface area (Å²) in [4.78, 5) is 16.4. The fourth-order valence-electron chi connectivity index (χ4n) is 7.88. The molecule has 4 bridgehead atoms. The van der Waals surface area contributed by atoms with E-state index in [1.165, 1.54) is 37.7 Å². The lowest BCUT2D eigenvalue weighted by Gasteiger charge is -2.57. The fraction of sp³-hybridized carbons (Fsp3) is 0.679. The van der Waals surface area contributed by atoms with E-state index in [-0.39, 0.29) is 0 Å². The lowest BCUT2D eigenvalue weighted by molar-refractivity contribution is -0.390. The van der Waals surface area contributed by atoms with Crippen molar-refractivity contribution in [3.63, 3.8) is 0 Å². The van der Waals surface area contributed by atoms with Gasteiger partial charge in [0, 0.05) is 43.6 Å². The Kier molecular flexibility index (Phi) is 5.26. The van der Waals surface area contributed by atoms with Crippen LogP contribution in [0.3, 0.4) is 0 Å². The normalized spacial score (nSPS) is 40.4. The Morgan fingerprint density at radius 2 is 1.68 bits per heavy atom. The predicted octanol–water partition coefficient (Wildman–Crippen LogP) is 5.84. The maximum Gasteiger partial charge on any atom is 0.210 e. The zero-order valence-corrected chi connectivity index (χ0v) is 19.9. The number of nitrogens with zero attached hydrogens (tertiary/aromatic N) is 2. The first kappa shape index (κ1) is 21.4. The Labute approximate surface area is 201 Å². The van der Waals surface area contributed by atoms with Gasteiger partial charge in [0.2, 0.25) is 11.6 Å². The first-order chi connectivity index (χ1) is 16.7. The maximum absolute atomic E-state index is 6.87. The largest absolute Gasteiger partial charge is 0.494 e. The van der Waals surface area contributed by atoms with Gasteiger partial charge in [0.1, 0.15) is 5.75 Å². The average Bonchev–Trinajstić information content (AvgIpc) is 3.50. The Bertz CT molecular complexity index is 952. The molecule has 182 valence electrons. The molecule has 0 atom stereocenters. The maximum atomic E-state index is 6.87. The monoisotopic (exact) mass is 464 g/mol. The Morgan fingerprint density at radius 1 is 0.941 bits per heavy atom. The molecule has 0 unspecified atom stereocenters. The van der Waals surface area contributed by atoms with E-state index in [4.69, 9.17) is 19.2 Å². The number of hydrogen-bond acceptors (Lipinski definition) is 5. The summed E-state index contributed by atoms with van der Waals surface area (Å²) in [6.07, 6.45) is 17.1. The van der Waals surface area contributed by atoms with Gasteiger partial charge < -0.3 is 14.0 Å². The molecule has 8 rings (SSSR count). The number of aryl methyl sites for hydroxylation is 1. The standard InChI is InChI=1S/C28H36N2O4/c1(11-30-12-10-29-19-30)13-31-26-4-2-22(3-5-26)23-6-8-27(9-7-23)32-28(34-33-27)24-15-20-14-21(17-24)18-25(28)16-20/h2-5,10,12,19-21,23-25H,1,6-9,11,13-18H2. The molecule has 2 spiro atoms. The summed E-state index contributed by atoms with van der Waals surface area (Å²) in [7, 11) is 0. The van der Waals surface area contributed by atoms with Crippen molar-refractivity contribution in [3.05, 3.63) is 48.5 Å². The van der Waals surface area contributed by atoms with Crippen LogP contribution in [0.5, 0.6) is 5.75 Å². The first-order valence-electron chi connectivity index (χ1n) is 13.5. The van der Waals surface area contributed by atoms with Crippen molar-refractivity contribution in [1.82, 2.24) is 9.55 Å². The zero-order valence-electron chi connectivity index (χ0n) is 19.9. The summed E-state index contributed by atoms with van der Waals surface area (Å²) in [5, 5.41) is 0. The second-order valence-electron chi connectivity index (χ2n) is 11.6. The molecule has 5 saturated carbocycles. The summed E-state index contributed by atoms with van der Waals surface area (Å²) >= 11 is 0. The van der Waals surface area contributed by atoms with Gasteiger partial charge in [-0.2, -0.15) is 9.78 Å². The van der Waals surface area contributed by atoms with Crippen LogP contribution in [0.4, 0.5) is 0 Å². The third-order valence-electron chi connectivity index (χ3n) is 9.43. The van der Waals surface area contributed by atoms with E-state index in [0.717, 1.165) is 56.2 Å². The van der Waals surface area contributed by atoms with Crippen LogP contribution < -0.4 is 4.74 Å². The van der Waals surface area contributed by atoms with Gasteiger partial charge >= 0.3 is 0 Å². The Balaban J connectivity index is 0.928. The predicted molar refractivity (Wildman–Crippen MR) is 126 cm³/mol. The summed E-state index contributed by atoms with van der Waals surface area (Å²) in [6, 6.07) is 8.71. The number of benzene rings is 1. The van der Waals surface area contributed by atoms with Crippen LogP contribution in [0.1, 0.15) is 75.7 Å². The molecule has 6 nitrogen and oxygen atoms in total. The molecule has 1 aromatic carbocycles. The molecule has 5 aliphatic carbocycles. The van der Waals surface area contributed by atoms with Gasteiger partial charge in [-0.1, -0.05) is 12.1 Å². The van der Waals surface area contributed by atoms with E-state index in [0.29, 0.717) is 24.4 Å². The van der Waals surface area contributed by atoms with Crippen molar-refractivity contribution in [2.45, 2.75) is 88.2 Å². The van der Waals surface area contributed by atoms with Crippen LogP contribution in [0, 0.1) is 23.7 Å². The molecule has 1 saturated heterocycles. The second-order valence-corrected chi connectivity index (χ2v) is 11.6. The third kappa shape index (κ3) is 3.69. The van der Waals surface area contributed by atoms with E-state index in [9.17, 15) is 0 Å². The molecule has 1 aliphatic heterocycles. The van der Waals surface area contributed by atoms with Crippen LogP contribution >= 0.6 is 0 Å². The van der Waals surface area contributed by atoms with Gasteiger partial charge in [-0.25, -0.2) is 4.98 Å². The molecule has 2 aromatic rings. The highest BCUT2D eigenvalue weighted by Gasteiger charge is 2.66. The molecule has 0 radical (unpaired) electrons. The highest BCUT2D eigenvalue weighted by atomic mass is 17.3. The van der Waals surface area contributed by atoms with Gasteiger partial charge in [0.05, 0.1) is 12.9 Å². The van der Waals surface area contributed by atoms with E-state index >= 15 is 0 Å². The smallest absolute Gasteiger partial charge is 0.210 e. The van der Waals surface area contributed by atoms with Crippen molar-refractivity contribution in [2.24, 2.45) is 23.7 Å². The van der Waals surface area contributed by atoms with Crippen LogP contribution in [0.15, 0.2) is 43.0 Å². The molecule has 6 heteroatoms. The molecule has 0 amide bonds. The van der Waals surface area contributed by atoms with Crippen molar-refractivity contribution < 1.29 is 19.2 Å². The van der Waals surface area contributed by atoms with Gasteiger partial charge in [-0.15, -0.1) is 0 Å². The minimum atomic E-state index is -0.524. The minimum Gasteiger partial charge on any atom is -0.494 e. The quantitative estimate of drug-likeness (QED) is 0.397. The highest BCUT2D eigenvalue weighted by molar-refractivity contribution is 5.30. The van der Waals surface area contributed by atoms with Crippen molar-refractivity contribution >= 4 is 0 Å². The molecule has 0 N–H and O–H groups in total. The second kappa shape index (κ2) is 8.35. The molecule has 6 fully saturated rings. The summed E-state index contributed by atoms with van der Waals surface area (Å²) < 4.78 is 14.9. The number of imidazole rings is 1. The highest BCUT2D eigenvalue weighted by Crippen LogP contribution is 2.64. The van der Waals surface area contributed by atoms with E-state index in [1.54, 1.807) is 0 Å². The molecule has 6 aliphatic rings. The number of aromatic nitrogens is 2. The van der Waals surface area contributed by atoms with Crippen molar-refractivity contribution in [3.8, 4) is 5.75 Å². The summed E-state index contributed by atoms with van der Waals surface area (Å²) in [5.41, 5.74) is 1.39. The average molecular weight is 465 g/mol. The topological polar surface area (TPSA) is 54.7 Å². The Morgan fingerprint density at radius 3 is 2.35 bits per heavy atom. The van der Waals surface area contributed by atoms with Gasteiger partial charge in [-0.3, -0.25) is 0 Å².